The minimum Gasteiger partial charge on any atom is -0.496 e. The van der Waals surface area contributed by atoms with Crippen LogP contribution in [0.5, 0.6) is 5.75 Å². The minimum absolute atomic E-state index is 0.0119. The Bertz CT molecular complexity index is 595. The second kappa shape index (κ2) is 5.71. The number of aliphatic hydroxyl groups excluding tert-OH is 1. The van der Waals surface area contributed by atoms with E-state index in [1.165, 1.54) is 16.7 Å². The number of aliphatic hydroxyl groups is 1. The molecular weight excluding hydrogens is 274 g/mol. The molecule has 3 nitrogen and oxygen atoms in total. The van der Waals surface area contributed by atoms with Gasteiger partial charge in [0.2, 0.25) is 0 Å². The van der Waals surface area contributed by atoms with E-state index in [2.05, 4.69) is 44.0 Å². The van der Waals surface area contributed by atoms with Gasteiger partial charge >= 0.3 is 0 Å². The highest BCUT2D eigenvalue weighted by Crippen LogP contribution is 2.48. The SMILES string of the molecule is COc1ccc2c(c1C)[C@@]1(C=C[C@H](O)C[C@@H]1C)CCN(C)C2. The summed E-state index contributed by atoms with van der Waals surface area (Å²) in [5.74, 6) is 1.39. The van der Waals surface area contributed by atoms with Crippen LogP contribution < -0.4 is 4.74 Å². The number of fused-ring (bicyclic) bond motifs is 2. The molecule has 120 valence electrons. The lowest BCUT2D eigenvalue weighted by atomic mass is 9.62. The van der Waals surface area contributed by atoms with Gasteiger partial charge in [0.15, 0.2) is 0 Å². The molecule has 2 aliphatic rings. The summed E-state index contributed by atoms with van der Waals surface area (Å²) in [5, 5.41) is 10.0. The third-order valence-electron chi connectivity index (χ3n) is 5.62. The number of hydrogen-bond donors (Lipinski definition) is 1. The van der Waals surface area contributed by atoms with E-state index in [4.69, 9.17) is 4.74 Å². The van der Waals surface area contributed by atoms with E-state index in [1.54, 1.807) is 7.11 Å². The molecule has 1 aliphatic carbocycles. The van der Waals surface area contributed by atoms with Crippen molar-refractivity contribution in [3.63, 3.8) is 0 Å². The Morgan fingerprint density at radius 3 is 2.82 bits per heavy atom. The second-order valence-electron chi connectivity index (χ2n) is 7.02. The first-order valence-electron chi connectivity index (χ1n) is 8.21. The monoisotopic (exact) mass is 301 g/mol. The first kappa shape index (κ1) is 15.6. The number of allylic oxidation sites excluding steroid dienone is 1. The van der Waals surface area contributed by atoms with Crippen LogP contribution in [0.3, 0.4) is 0 Å². The molecule has 1 aromatic carbocycles. The first-order chi connectivity index (χ1) is 10.5. The predicted molar refractivity (Wildman–Crippen MR) is 89.3 cm³/mol. The van der Waals surface area contributed by atoms with E-state index in [9.17, 15) is 5.11 Å². The maximum atomic E-state index is 10.0. The second-order valence-corrected chi connectivity index (χ2v) is 7.02. The van der Waals surface area contributed by atoms with Crippen molar-refractivity contribution in [3.05, 3.63) is 41.0 Å². The standard InChI is InChI=1S/C19H27NO2/c1-13-11-16(21)7-8-19(13)9-10-20(3)12-15-5-6-17(22-4)14(2)18(15)19/h5-8,13,16,21H,9-12H2,1-4H3/t13-,16-,19-/m0/s1. The number of methoxy groups -OCH3 is 1. The molecule has 0 aromatic heterocycles. The van der Waals surface area contributed by atoms with E-state index in [1.807, 2.05) is 6.08 Å². The Labute approximate surface area is 133 Å². The third kappa shape index (κ3) is 2.37. The van der Waals surface area contributed by atoms with Gasteiger partial charge in [-0.3, -0.25) is 0 Å². The van der Waals surface area contributed by atoms with Crippen molar-refractivity contribution in [3.8, 4) is 5.75 Å². The number of ether oxygens (including phenoxy) is 1. The Morgan fingerprint density at radius 1 is 1.36 bits per heavy atom. The van der Waals surface area contributed by atoms with Gasteiger partial charge in [-0.05, 0) is 62.0 Å². The molecule has 0 radical (unpaired) electrons. The summed E-state index contributed by atoms with van der Waals surface area (Å²) in [6, 6.07) is 4.31. The van der Waals surface area contributed by atoms with Crippen molar-refractivity contribution >= 4 is 0 Å². The third-order valence-corrected chi connectivity index (χ3v) is 5.62. The maximum absolute atomic E-state index is 10.0. The van der Waals surface area contributed by atoms with Crippen LogP contribution in [0.2, 0.25) is 0 Å². The largest absolute Gasteiger partial charge is 0.496 e. The van der Waals surface area contributed by atoms with Crippen LogP contribution in [0.1, 0.15) is 36.5 Å². The lowest BCUT2D eigenvalue weighted by molar-refractivity contribution is 0.146. The fourth-order valence-corrected chi connectivity index (χ4v) is 4.38. The molecule has 1 aliphatic heterocycles. The Hall–Kier alpha value is -1.32. The fraction of sp³-hybridized carbons (Fsp3) is 0.579. The van der Waals surface area contributed by atoms with E-state index in [0.717, 1.165) is 31.7 Å². The smallest absolute Gasteiger partial charge is 0.122 e. The lowest BCUT2D eigenvalue weighted by Crippen LogP contribution is -2.39. The molecule has 3 rings (SSSR count). The quantitative estimate of drug-likeness (QED) is 0.809. The normalized spacial score (nSPS) is 31.9. The van der Waals surface area contributed by atoms with Crippen molar-refractivity contribution in [2.45, 2.75) is 44.8 Å². The van der Waals surface area contributed by atoms with Gasteiger partial charge in [-0.25, -0.2) is 0 Å². The average molecular weight is 301 g/mol. The van der Waals surface area contributed by atoms with Crippen LogP contribution in [-0.2, 0) is 12.0 Å². The molecule has 0 fully saturated rings. The molecule has 0 unspecified atom stereocenters. The van der Waals surface area contributed by atoms with E-state index >= 15 is 0 Å². The van der Waals surface area contributed by atoms with Crippen LogP contribution in [-0.4, -0.2) is 36.8 Å². The molecule has 1 heterocycles. The molecule has 0 amide bonds. The average Bonchev–Trinajstić information content (AvgIpc) is 2.62. The van der Waals surface area contributed by atoms with Crippen LogP contribution in [0, 0.1) is 12.8 Å². The Balaban J connectivity index is 2.23. The highest BCUT2D eigenvalue weighted by Gasteiger charge is 2.43. The van der Waals surface area contributed by atoms with Gasteiger partial charge < -0.3 is 14.7 Å². The summed E-state index contributed by atoms with van der Waals surface area (Å²) in [4.78, 5) is 2.39. The topological polar surface area (TPSA) is 32.7 Å². The number of benzene rings is 1. The van der Waals surface area contributed by atoms with Crippen LogP contribution in [0.15, 0.2) is 24.3 Å². The molecule has 0 saturated heterocycles. The summed E-state index contributed by atoms with van der Waals surface area (Å²) in [7, 11) is 3.93. The highest BCUT2D eigenvalue weighted by atomic mass is 16.5. The zero-order chi connectivity index (χ0) is 15.9. The first-order valence-corrected chi connectivity index (χ1v) is 8.21. The van der Waals surface area contributed by atoms with Crippen LogP contribution >= 0.6 is 0 Å². The number of nitrogens with zero attached hydrogens (tertiary/aromatic N) is 1. The summed E-state index contributed by atoms with van der Waals surface area (Å²) in [5.41, 5.74) is 4.08. The van der Waals surface area contributed by atoms with Crippen LogP contribution in [0.4, 0.5) is 0 Å². The summed E-state index contributed by atoms with van der Waals surface area (Å²) in [6.45, 7) is 6.50. The van der Waals surface area contributed by atoms with Gasteiger partial charge in [0.05, 0.1) is 13.2 Å². The maximum Gasteiger partial charge on any atom is 0.122 e. The summed E-state index contributed by atoms with van der Waals surface area (Å²) < 4.78 is 5.58. The van der Waals surface area contributed by atoms with Gasteiger partial charge in [-0.15, -0.1) is 0 Å². The zero-order valence-corrected chi connectivity index (χ0v) is 14.1. The lowest BCUT2D eigenvalue weighted by Gasteiger charge is -2.42. The molecule has 3 heteroatoms. The molecule has 1 N–H and O–H groups in total. The van der Waals surface area contributed by atoms with Crippen molar-refractivity contribution in [2.75, 3.05) is 20.7 Å². The van der Waals surface area contributed by atoms with Gasteiger partial charge in [-0.2, -0.15) is 0 Å². The molecule has 1 aromatic rings. The van der Waals surface area contributed by atoms with E-state index < -0.39 is 0 Å². The molecule has 0 bridgehead atoms. The van der Waals surface area contributed by atoms with Crippen molar-refractivity contribution in [1.29, 1.82) is 0 Å². The van der Waals surface area contributed by atoms with Crippen LogP contribution in [0.25, 0.3) is 0 Å². The van der Waals surface area contributed by atoms with Gasteiger partial charge in [0.25, 0.3) is 0 Å². The van der Waals surface area contributed by atoms with Crippen molar-refractivity contribution < 1.29 is 9.84 Å². The van der Waals surface area contributed by atoms with Gasteiger partial charge in [0, 0.05) is 12.0 Å². The summed E-state index contributed by atoms with van der Waals surface area (Å²) >= 11 is 0. The van der Waals surface area contributed by atoms with Gasteiger partial charge in [0.1, 0.15) is 5.75 Å². The fourth-order valence-electron chi connectivity index (χ4n) is 4.38. The van der Waals surface area contributed by atoms with Crippen molar-refractivity contribution in [2.24, 2.45) is 5.92 Å². The van der Waals surface area contributed by atoms with E-state index in [0.29, 0.717) is 5.92 Å². The number of rotatable bonds is 1. The predicted octanol–water partition coefficient (Wildman–Crippen LogP) is 3.03. The van der Waals surface area contributed by atoms with Crippen molar-refractivity contribution in [1.82, 2.24) is 4.90 Å². The van der Waals surface area contributed by atoms with E-state index in [-0.39, 0.29) is 11.5 Å². The zero-order valence-electron chi connectivity index (χ0n) is 14.1. The molecule has 0 saturated carbocycles. The number of hydrogen-bond acceptors (Lipinski definition) is 3. The molecule has 3 atom stereocenters. The molecular formula is C19H27NO2. The van der Waals surface area contributed by atoms with Gasteiger partial charge in [-0.1, -0.05) is 25.1 Å². The molecule has 22 heavy (non-hydrogen) atoms. The minimum atomic E-state index is -0.309. The highest BCUT2D eigenvalue weighted by molar-refractivity contribution is 5.52. The summed E-state index contributed by atoms with van der Waals surface area (Å²) in [6.07, 6.45) is 5.88. The molecule has 1 spiro atoms. The Morgan fingerprint density at radius 2 is 2.14 bits per heavy atom. The Kier molecular flexibility index (Phi) is 4.04.